The number of rotatable bonds is 6. The van der Waals surface area contributed by atoms with Crippen LogP contribution in [0.2, 0.25) is 0 Å². The minimum absolute atomic E-state index is 0.0747. The van der Waals surface area contributed by atoms with E-state index in [1.165, 1.54) is 18.6 Å². The number of nitro benzene ring substituents is 1. The zero-order chi connectivity index (χ0) is 17.0. The van der Waals surface area contributed by atoms with Crippen LogP contribution in [0.15, 0.2) is 23.1 Å². The number of hydrogen-bond donors (Lipinski definition) is 3. The van der Waals surface area contributed by atoms with Gasteiger partial charge in [0.05, 0.1) is 9.82 Å². The maximum Gasteiger partial charge on any atom is 0.293 e. The number of hydrogen-bond acceptors (Lipinski definition) is 6. The van der Waals surface area contributed by atoms with E-state index < -0.39 is 14.9 Å². The van der Waals surface area contributed by atoms with Gasteiger partial charge in [0.15, 0.2) is 0 Å². The fourth-order valence-electron chi connectivity index (χ4n) is 3.07. The normalized spacial score (nSPS) is 17.7. The summed E-state index contributed by atoms with van der Waals surface area (Å²) in [6.07, 6.45) is 5.55. The van der Waals surface area contributed by atoms with Crippen molar-refractivity contribution in [3.05, 3.63) is 28.3 Å². The van der Waals surface area contributed by atoms with E-state index in [0.717, 1.165) is 31.7 Å². The van der Waals surface area contributed by atoms with Crippen molar-refractivity contribution in [1.82, 2.24) is 0 Å². The Balaban J connectivity index is 2.28. The van der Waals surface area contributed by atoms with Gasteiger partial charge in [0, 0.05) is 18.7 Å². The number of anilines is 1. The minimum Gasteiger partial charge on any atom is -0.375 e. The summed E-state index contributed by atoms with van der Waals surface area (Å²) in [5.74, 6) is 0.367. The van der Waals surface area contributed by atoms with Gasteiger partial charge in [-0.3, -0.25) is 10.1 Å². The van der Waals surface area contributed by atoms with Gasteiger partial charge in [0.1, 0.15) is 5.69 Å². The number of primary sulfonamides is 1. The van der Waals surface area contributed by atoms with Gasteiger partial charge in [-0.1, -0.05) is 19.3 Å². The van der Waals surface area contributed by atoms with Crippen molar-refractivity contribution in [1.29, 1.82) is 0 Å². The maximum atomic E-state index is 11.4. The quantitative estimate of drug-likeness (QED) is 0.529. The van der Waals surface area contributed by atoms with E-state index in [0.29, 0.717) is 12.5 Å². The fourth-order valence-corrected chi connectivity index (χ4v) is 3.60. The summed E-state index contributed by atoms with van der Waals surface area (Å²) in [4.78, 5) is 10.3. The highest BCUT2D eigenvalue weighted by molar-refractivity contribution is 7.89. The van der Waals surface area contributed by atoms with Crippen LogP contribution < -0.4 is 16.2 Å². The molecular formula is C14H22N4O4S. The van der Waals surface area contributed by atoms with Crippen molar-refractivity contribution in [2.75, 3.05) is 11.9 Å². The van der Waals surface area contributed by atoms with Gasteiger partial charge in [-0.25, -0.2) is 13.6 Å². The zero-order valence-electron chi connectivity index (χ0n) is 12.8. The molecule has 0 amide bonds. The topological polar surface area (TPSA) is 141 Å². The lowest BCUT2D eigenvalue weighted by atomic mass is 9.84. The molecule has 1 aliphatic carbocycles. The molecule has 23 heavy (non-hydrogen) atoms. The van der Waals surface area contributed by atoms with E-state index in [9.17, 15) is 18.5 Å². The first-order chi connectivity index (χ1) is 10.8. The Labute approximate surface area is 135 Å². The van der Waals surface area contributed by atoms with Crippen LogP contribution in [0.5, 0.6) is 0 Å². The van der Waals surface area contributed by atoms with Crippen LogP contribution in [-0.4, -0.2) is 25.9 Å². The summed E-state index contributed by atoms with van der Waals surface area (Å²) >= 11 is 0. The Kier molecular flexibility index (Phi) is 5.55. The van der Waals surface area contributed by atoms with Crippen LogP contribution in [0.1, 0.15) is 32.1 Å². The largest absolute Gasteiger partial charge is 0.375 e. The lowest BCUT2D eigenvalue weighted by Gasteiger charge is -2.30. The lowest BCUT2D eigenvalue weighted by Crippen LogP contribution is -2.37. The fraction of sp³-hybridized carbons (Fsp3) is 0.571. The first-order valence-electron chi connectivity index (χ1n) is 7.60. The van der Waals surface area contributed by atoms with E-state index >= 15 is 0 Å². The highest BCUT2D eigenvalue weighted by Crippen LogP contribution is 2.32. The monoisotopic (exact) mass is 342 g/mol. The summed E-state index contributed by atoms with van der Waals surface area (Å²) in [7, 11) is -3.99. The zero-order valence-corrected chi connectivity index (χ0v) is 13.6. The van der Waals surface area contributed by atoms with Gasteiger partial charge in [-0.15, -0.1) is 0 Å². The molecule has 1 saturated carbocycles. The third-order valence-corrected chi connectivity index (χ3v) is 5.22. The summed E-state index contributed by atoms with van der Waals surface area (Å²) in [5.41, 5.74) is 5.78. The number of nitrogens with one attached hydrogen (secondary N) is 1. The van der Waals surface area contributed by atoms with Gasteiger partial charge < -0.3 is 11.1 Å². The molecule has 128 valence electrons. The van der Waals surface area contributed by atoms with Crippen molar-refractivity contribution in [3.63, 3.8) is 0 Å². The summed E-state index contributed by atoms with van der Waals surface area (Å²) in [6.45, 7) is 0.360. The van der Waals surface area contributed by atoms with Crippen molar-refractivity contribution < 1.29 is 13.3 Å². The van der Waals surface area contributed by atoms with Gasteiger partial charge in [0.25, 0.3) is 5.69 Å². The van der Waals surface area contributed by atoms with Crippen LogP contribution in [-0.2, 0) is 10.0 Å². The average molecular weight is 342 g/mol. The third kappa shape index (κ3) is 4.40. The molecule has 5 N–H and O–H groups in total. The molecule has 0 saturated heterocycles. The second-order valence-corrected chi connectivity index (χ2v) is 7.43. The third-order valence-electron chi connectivity index (χ3n) is 4.31. The van der Waals surface area contributed by atoms with Gasteiger partial charge in [0.2, 0.25) is 10.0 Å². The van der Waals surface area contributed by atoms with E-state index in [2.05, 4.69) is 5.32 Å². The van der Waals surface area contributed by atoms with Crippen molar-refractivity contribution in [3.8, 4) is 0 Å². The molecule has 9 heteroatoms. The molecule has 1 fully saturated rings. The highest BCUT2D eigenvalue weighted by atomic mass is 32.2. The Hall–Kier alpha value is -1.71. The van der Waals surface area contributed by atoms with E-state index in [1.54, 1.807) is 0 Å². The molecule has 1 atom stereocenters. The summed E-state index contributed by atoms with van der Waals surface area (Å²) in [6, 6.07) is 3.54. The first kappa shape index (κ1) is 17.6. The van der Waals surface area contributed by atoms with E-state index in [4.69, 9.17) is 10.9 Å². The molecule has 1 aromatic rings. The van der Waals surface area contributed by atoms with Crippen molar-refractivity contribution in [2.24, 2.45) is 16.8 Å². The van der Waals surface area contributed by atoms with Crippen LogP contribution in [0.25, 0.3) is 0 Å². The molecular weight excluding hydrogens is 320 g/mol. The molecule has 1 aromatic carbocycles. The Morgan fingerprint density at radius 1 is 1.30 bits per heavy atom. The molecule has 0 radical (unpaired) electrons. The number of benzene rings is 1. The standard InChI is InChI=1S/C14H22N4O4S/c15-9-13(10-4-2-1-3-5-10)17-12-7-6-11(23(16,21)22)8-14(12)18(19)20/h6-8,10,13,17H,1-5,9,15H2,(H2,16,21,22). The highest BCUT2D eigenvalue weighted by Gasteiger charge is 2.26. The Morgan fingerprint density at radius 2 is 1.96 bits per heavy atom. The van der Waals surface area contributed by atoms with Gasteiger partial charge in [-0.05, 0) is 30.9 Å². The van der Waals surface area contributed by atoms with E-state index in [1.807, 2.05) is 0 Å². The molecule has 8 nitrogen and oxygen atoms in total. The van der Waals surface area contributed by atoms with E-state index in [-0.39, 0.29) is 22.3 Å². The van der Waals surface area contributed by atoms with Crippen LogP contribution >= 0.6 is 0 Å². The smallest absolute Gasteiger partial charge is 0.293 e. The van der Waals surface area contributed by atoms with Crippen LogP contribution in [0.4, 0.5) is 11.4 Å². The van der Waals surface area contributed by atoms with Gasteiger partial charge >= 0.3 is 0 Å². The molecule has 1 aliphatic rings. The predicted molar refractivity (Wildman–Crippen MR) is 87.5 cm³/mol. The molecule has 0 heterocycles. The van der Waals surface area contributed by atoms with Crippen molar-refractivity contribution in [2.45, 2.75) is 43.0 Å². The first-order valence-corrected chi connectivity index (χ1v) is 9.15. The molecule has 2 rings (SSSR count). The lowest BCUT2D eigenvalue weighted by molar-refractivity contribution is -0.384. The van der Waals surface area contributed by atoms with Gasteiger partial charge in [-0.2, -0.15) is 0 Å². The summed E-state index contributed by atoms with van der Waals surface area (Å²) < 4.78 is 22.7. The summed E-state index contributed by atoms with van der Waals surface area (Å²) in [5, 5.41) is 19.4. The Morgan fingerprint density at radius 3 is 2.48 bits per heavy atom. The number of sulfonamides is 1. The number of nitrogens with zero attached hydrogens (tertiary/aromatic N) is 1. The van der Waals surface area contributed by atoms with Crippen molar-refractivity contribution >= 4 is 21.4 Å². The molecule has 0 bridgehead atoms. The van der Waals surface area contributed by atoms with Crippen LogP contribution in [0.3, 0.4) is 0 Å². The number of nitrogens with two attached hydrogens (primary N) is 2. The second kappa shape index (κ2) is 7.24. The minimum atomic E-state index is -3.99. The number of nitro groups is 1. The molecule has 0 spiro atoms. The Bertz CT molecular complexity index is 671. The maximum absolute atomic E-state index is 11.4. The average Bonchev–Trinajstić information content (AvgIpc) is 2.52. The predicted octanol–water partition coefficient (Wildman–Crippen LogP) is 1.56. The molecule has 0 aromatic heterocycles. The molecule has 1 unspecified atom stereocenters. The molecule has 0 aliphatic heterocycles. The van der Waals surface area contributed by atoms with Crippen LogP contribution in [0, 0.1) is 16.0 Å². The SMILES string of the molecule is NCC(Nc1ccc(S(N)(=O)=O)cc1[N+](=O)[O-])C1CCCCC1. The second-order valence-electron chi connectivity index (χ2n) is 5.87.